The smallest absolute Gasteiger partial charge is 0.369 e. The second kappa shape index (κ2) is 6.24. The van der Waals surface area contributed by atoms with Crippen LogP contribution in [0.5, 0.6) is 0 Å². The fraction of sp³-hybridized carbons (Fsp3) is 1.00. The molecule has 1 saturated heterocycles. The summed E-state index contributed by atoms with van der Waals surface area (Å²) in [7, 11) is 3.08. The lowest BCUT2D eigenvalue weighted by atomic mass is 9.55. The van der Waals surface area contributed by atoms with Crippen LogP contribution in [0.15, 0.2) is 0 Å². The lowest BCUT2D eigenvalue weighted by Gasteiger charge is -2.62. The van der Waals surface area contributed by atoms with E-state index in [1.54, 1.807) is 0 Å². The molecule has 0 aromatic carbocycles. The Hall–Kier alpha value is -0.290. The van der Waals surface area contributed by atoms with E-state index in [0.29, 0.717) is 0 Å². The average molecular weight is 269 g/mol. The number of ether oxygens (including phenoxy) is 1. The van der Waals surface area contributed by atoms with E-state index < -0.39 is 11.8 Å². The molecule has 5 heteroatoms. The average Bonchev–Trinajstić information content (AvgIpc) is 2.25. The van der Waals surface area contributed by atoms with Crippen LogP contribution in [0.3, 0.4) is 0 Å². The fourth-order valence-corrected chi connectivity index (χ4v) is 2.94. The third-order valence-electron chi connectivity index (χ3n) is 3.44. The minimum absolute atomic E-state index is 0.111. The molecule has 1 aliphatic carbocycles. The Balaban J connectivity index is 0.000000659. The predicted molar refractivity (Wildman–Crippen MR) is 67.7 cm³/mol. The van der Waals surface area contributed by atoms with Gasteiger partial charge in [-0.05, 0) is 19.9 Å². The minimum atomic E-state index is -4.22. The SMILES string of the molecule is CC.CC.COC1(C(F)(F)F)CC2(CN(C)C2)C1. The molecule has 18 heavy (non-hydrogen) atoms. The van der Waals surface area contributed by atoms with E-state index in [1.807, 2.05) is 39.6 Å². The third-order valence-corrected chi connectivity index (χ3v) is 3.44. The van der Waals surface area contributed by atoms with Crippen molar-refractivity contribution in [2.24, 2.45) is 5.41 Å². The summed E-state index contributed by atoms with van der Waals surface area (Å²) in [5.74, 6) is 0. The van der Waals surface area contributed by atoms with Crippen molar-refractivity contribution in [1.29, 1.82) is 0 Å². The van der Waals surface area contributed by atoms with Gasteiger partial charge in [-0.15, -0.1) is 0 Å². The number of halogens is 3. The molecule has 2 fully saturated rings. The molecule has 2 nitrogen and oxygen atoms in total. The Morgan fingerprint density at radius 3 is 1.61 bits per heavy atom. The van der Waals surface area contributed by atoms with E-state index in [2.05, 4.69) is 4.74 Å². The molecule has 0 N–H and O–H groups in total. The Morgan fingerprint density at radius 1 is 1.00 bits per heavy atom. The topological polar surface area (TPSA) is 12.5 Å². The van der Waals surface area contributed by atoms with Gasteiger partial charge in [0.2, 0.25) is 0 Å². The molecule has 0 aromatic rings. The van der Waals surface area contributed by atoms with Gasteiger partial charge in [0.25, 0.3) is 0 Å². The molecule has 0 aromatic heterocycles. The normalized spacial score (nSPS) is 23.8. The highest BCUT2D eigenvalue weighted by molar-refractivity contribution is 5.14. The van der Waals surface area contributed by atoms with E-state index in [9.17, 15) is 13.2 Å². The van der Waals surface area contributed by atoms with Crippen molar-refractivity contribution in [3.05, 3.63) is 0 Å². The Bertz CT molecular complexity index is 239. The first-order valence-corrected chi connectivity index (χ1v) is 6.63. The first kappa shape index (κ1) is 17.7. The van der Waals surface area contributed by atoms with Crippen molar-refractivity contribution in [1.82, 2.24) is 4.90 Å². The van der Waals surface area contributed by atoms with Crippen LogP contribution < -0.4 is 0 Å². The third kappa shape index (κ3) is 2.99. The number of likely N-dealkylation sites (tertiary alicyclic amines) is 1. The molecule has 1 spiro atoms. The molecule has 1 saturated carbocycles. The Labute approximate surface area is 108 Å². The zero-order valence-electron chi connectivity index (χ0n) is 12.3. The maximum absolute atomic E-state index is 12.6. The summed E-state index contributed by atoms with van der Waals surface area (Å²) >= 11 is 0. The molecule has 2 aliphatic rings. The molecular formula is C13H26F3NO. The van der Waals surface area contributed by atoms with E-state index in [0.717, 1.165) is 20.2 Å². The molecule has 1 heterocycles. The zero-order chi connectivity index (χ0) is 14.6. The summed E-state index contributed by atoms with van der Waals surface area (Å²) in [4.78, 5) is 2.04. The summed E-state index contributed by atoms with van der Waals surface area (Å²) in [5.41, 5.74) is -1.96. The highest BCUT2D eigenvalue weighted by Crippen LogP contribution is 2.60. The monoisotopic (exact) mass is 269 g/mol. The standard InChI is InChI=1S/C9H14F3NO.2C2H6/c1-13-5-7(6-13)3-8(4-7,14-2)9(10,11)12;2*1-2/h3-6H2,1-2H3;2*1-2H3. The van der Waals surface area contributed by atoms with Gasteiger partial charge in [-0.25, -0.2) is 0 Å². The lowest BCUT2D eigenvalue weighted by Crippen LogP contribution is -2.71. The molecular weight excluding hydrogens is 243 g/mol. The predicted octanol–water partition coefficient (Wildman–Crippen LogP) is 3.71. The van der Waals surface area contributed by atoms with E-state index >= 15 is 0 Å². The molecule has 0 atom stereocenters. The van der Waals surface area contributed by atoms with E-state index in [-0.39, 0.29) is 18.3 Å². The number of methoxy groups -OCH3 is 1. The van der Waals surface area contributed by atoms with Gasteiger partial charge in [0.15, 0.2) is 5.60 Å². The maximum atomic E-state index is 12.6. The number of hydrogen-bond donors (Lipinski definition) is 0. The van der Waals surface area contributed by atoms with Crippen molar-refractivity contribution >= 4 is 0 Å². The van der Waals surface area contributed by atoms with Crippen LogP contribution in [0.4, 0.5) is 13.2 Å². The highest BCUT2D eigenvalue weighted by Gasteiger charge is 2.70. The minimum Gasteiger partial charge on any atom is -0.369 e. The number of alkyl halides is 3. The van der Waals surface area contributed by atoms with Crippen LogP contribution in [-0.4, -0.2) is 43.9 Å². The lowest BCUT2D eigenvalue weighted by molar-refractivity contribution is -0.339. The summed E-state index contributed by atoms with van der Waals surface area (Å²) in [6.45, 7) is 9.54. The number of rotatable bonds is 1. The molecule has 0 radical (unpaired) electrons. The number of nitrogens with zero attached hydrogens (tertiary/aromatic N) is 1. The van der Waals surface area contributed by atoms with Gasteiger partial charge in [0, 0.05) is 25.6 Å². The first-order valence-electron chi connectivity index (χ1n) is 6.63. The van der Waals surface area contributed by atoms with Crippen molar-refractivity contribution in [2.75, 3.05) is 27.2 Å². The summed E-state index contributed by atoms with van der Waals surface area (Å²) in [6, 6.07) is 0. The summed E-state index contributed by atoms with van der Waals surface area (Å²) < 4.78 is 42.5. The maximum Gasteiger partial charge on any atom is 0.417 e. The Morgan fingerprint density at radius 2 is 1.39 bits per heavy atom. The van der Waals surface area contributed by atoms with Gasteiger partial charge in [0.1, 0.15) is 0 Å². The molecule has 0 amide bonds. The summed E-state index contributed by atoms with van der Waals surface area (Å²) in [6.07, 6.45) is -3.96. The van der Waals surface area contributed by atoms with Gasteiger partial charge in [-0.1, -0.05) is 27.7 Å². The van der Waals surface area contributed by atoms with Gasteiger partial charge < -0.3 is 9.64 Å². The van der Waals surface area contributed by atoms with Crippen LogP contribution in [0.25, 0.3) is 0 Å². The highest BCUT2D eigenvalue weighted by atomic mass is 19.4. The molecule has 1 aliphatic heterocycles. The van der Waals surface area contributed by atoms with Crippen molar-refractivity contribution in [3.63, 3.8) is 0 Å². The van der Waals surface area contributed by atoms with Crippen molar-refractivity contribution < 1.29 is 17.9 Å². The van der Waals surface area contributed by atoms with Crippen LogP contribution in [0, 0.1) is 5.41 Å². The van der Waals surface area contributed by atoms with Gasteiger partial charge >= 0.3 is 6.18 Å². The van der Waals surface area contributed by atoms with Crippen LogP contribution in [0.2, 0.25) is 0 Å². The quantitative estimate of drug-likeness (QED) is 0.719. The second-order valence-corrected chi connectivity index (χ2v) is 4.72. The largest absolute Gasteiger partial charge is 0.417 e. The van der Waals surface area contributed by atoms with Gasteiger partial charge in [-0.2, -0.15) is 13.2 Å². The number of hydrogen-bond acceptors (Lipinski definition) is 2. The van der Waals surface area contributed by atoms with Crippen molar-refractivity contribution in [3.8, 4) is 0 Å². The molecule has 110 valence electrons. The van der Waals surface area contributed by atoms with Crippen LogP contribution in [0.1, 0.15) is 40.5 Å². The van der Waals surface area contributed by atoms with Crippen molar-refractivity contribution in [2.45, 2.75) is 52.3 Å². The Kier molecular flexibility index (Phi) is 6.14. The van der Waals surface area contributed by atoms with Crippen LogP contribution >= 0.6 is 0 Å². The zero-order valence-corrected chi connectivity index (χ0v) is 12.3. The molecule has 0 bridgehead atoms. The van der Waals surface area contributed by atoms with E-state index in [4.69, 9.17) is 0 Å². The first-order chi connectivity index (χ1) is 8.33. The van der Waals surface area contributed by atoms with E-state index in [1.165, 1.54) is 0 Å². The van der Waals surface area contributed by atoms with Crippen LogP contribution in [-0.2, 0) is 4.74 Å². The van der Waals surface area contributed by atoms with Gasteiger partial charge in [-0.3, -0.25) is 0 Å². The van der Waals surface area contributed by atoms with Gasteiger partial charge in [0.05, 0.1) is 0 Å². The fourth-order valence-electron chi connectivity index (χ4n) is 2.94. The second-order valence-electron chi connectivity index (χ2n) is 4.72. The molecule has 2 rings (SSSR count). The summed E-state index contributed by atoms with van der Waals surface area (Å²) in [5, 5.41) is 0. The molecule has 0 unspecified atom stereocenters.